The Morgan fingerprint density at radius 2 is 2.19 bits per heavy atom. The number of ether oxygens (including phenoxy) is 1. The summed E-state index contributed by atoms with van der Waals surface area (Å²) in [4.78, 5) is 0. The molecule has 2 rings (SSSR count). The molecule has 1 fully saturated rings. The third-order valence-corrected chi connectivity index (χ3v) is 5.57. The summed E-state index contributed by atoms with van der Waals surface area (Å²) in [5.41, 5.74) is 2.26. The van der Waals surface area contributed by atoms with Crippen LogP contribution >= 0.6 is 15.9 Å². The van der Waals surface area contributed by atoms with Gasteiger partial charge in [-0.05, 0) is 62.5 Å². The number of nitrogens with one attached hydrogen (secondary N) is 1. The molecule has 1 saturated heterocycles. The van der Waals surface area contributed by atoms with Crippen LogP contribution in [0.25, 0.3) is 0 Å². The van der Waals surface area contributed by atoms with Gasteiger partial charge in [0.15, 0.2) is 0 Å². The van der Waals surface area contributed by atoms with Gasteiger partial charge in [-0.25, -0.2) is 0 Å². The summed E-state index contributed by atoms with van der Waals surface area (Å²) < 4.78 is 9.42. The minimum atomic E-state index is -0.0789. The molecule has 0 saturated carbocycles. The molecule has 0 radical (unpaired) electrons. The second-order valence-corrected chi connectivity index (χ2v) is 6.89. The maximum atomic E-state index is 6.17. The average Bonchev–Trinajstić information content (AvgIpc) is 2.75. The van der Waals surface area contributed by atoms with Gasteiger partial charge in [-0.1, -0.05) is 6.92 Å². The summed E-state index contributed by atoms with van der Waals surface area (Å²) >= 11 is 3.71. The number of rotatable bonds is 6. The summed E-state index contributed by atoms with van der Waals surface area (Å²) in [7, 11) is 0. The minimum Gasteiger partial charge on any atom is -0.374 e. The first-order chi connectivity index (χ1) is 10.0. The highest BCUT2D eigenvalue weighted by atomic mass is 79.9. The molecule has 0 amide bonds. The molecule has 1 N–H and O–H groups in total. The zero-order valence-electron chi connectivity index (χ0n) is 13.7. The normalized spacial score (nSPS) is 24.2. The molecule has 21 heavy (non-hydrogen) atoms. The Kier molecular flexibility index (Phi) is 5.86. The molecule has 1 aromatic rings. The van der Waals surface area contributed by atoms with Gasteiger partial charge in [0, 0.05) is 25.6 Å². The molecule has 0 spiro atoms. The van der Waals surface area contributed by atoms with E-state index in [9.17, 15) is 0 Å². The number of likely N-dealkylation sites (N-methyl/N-ethyl adjacent to an activating group) is 1. The fourth-order valence-corrected chi connectivity index (χ4v) is 3.68. The van der Waals surface area contributed by atoms with Crippen LogP contribution in [0.4, 0.5) is 0 Å². The molecule has 120 valence electrons. The van der Waals surface area contributed by atoms with E-state index in [0.717, 1.165) is 42.7 Å². The van der Waals surface area contributed by atoms with Crippen LogP contribution in [-0.2, 0) is 17.7 Å². The van der Waals surface area contributed by atoms with Gasteiger partial charge in [0.05, 0.1) is 21.5 Å². The zero-order chi connectivity index (χ0) is 15.5. The Morgan fingerprint density at radius 3 is 2.76 bits per heavy atom. The quantitative estimate of drug-likeness (QED) is 0.847. The summed E-state index contributed by atoms with van der Waals surface area (Å²) in [5.74, 6) is 0. The first kappa shape index (κ1) is 17.0. The molecular formula is C16H28BrN3O. The van der Waals surface area contributed by atoms with Crippen LogP contribution in [0.2, 0.25) is 0 Å². The highest BCUT2D eigenvalue weighted by Gasteiger charge is 2.37. The SMILES string of the molecule is CCNC(Cc1c(Br)c(C)nn1CC)C1(C)CCCCO1. The largest absolute Gasteiger partial charge is 0.374 e. The van der Waals surface area contributed by atoms with E-state index in [0.29, 0.717) is 6.04 Å². The fourth-order valence-electron chi connectivity index (χ4n) is 3.24. The minimum absolute atomic E-state index is 0.0789. The highest BCUT2D eigenvalue weighted by Crippen LogP contribution is 2.31. The molecule has 5 heteroatoms. The lowest BCUT2D eigenvalue weighted by atomic mass is 9.85. The second kappa shape index (κ2) is 7.25. The Morgan fingerprint density at radius 1 is 1.43 bits per heavy atom. The van der Waals surface area contributed by atoms with Crippen LogP contribution in [0, 0.1) is 6.92 Å². The van der Waals surface area contributed by atoms with Crippen molar-refractivity contribution >= 4 is 15.9 Å². The topological polar surface area (TPSA) is 39.1 Å². The van der Waals surface area contributed by atoms with Gasteiger partial charge in [-0.15, -0.1) is 0 Å². The van der Waals surface area contributed by atoms with Gasteiger partial charge in [-0.3, -0.25) is 4.68 Å². The molecule has 0 bridgehead atoms. The predicted octanol–water partition coefficient (Wildman–Crippen LogP) is 3.45. The molecule has 4 nitrogen and oxygen atoms in total. The van der Waals surface area contributed by atoms with E-state index in [1.807, 2.05) is 0 Å². The first-order valence-electron chi connectivity index (χ1n) is 8.11. The smallest absolute Gasteiger partial charge is 0.0810 e. The number of aromatic nitrogens is 2. The third kappa shape index (κ3) is 3.69. The maximum Gasteiger partial charge on any atom is 0.0810 e. The third-order valence-electron chi connectivity index (χ3n) is 4.54. The van der Waals surface area contributed by atoms with Gasteiger partial charge in [0.25, 0.3) is 0 Å². The summed E-state index contributed by atoms with van der Waals surface area (Å²) in [6.45, 7) is 11.4. The number of halogens is 1. The van der Waals surface area contributed by atoms with Crippen molar-refractivity contribution in [3.05, 3.63) is 15.9 Å². The maximum absolute atomic E-state index is 6.17. The Labute approximate surface area is 136 Å². The van der Waals surface area contributed by atoms with E-state index in [2.05, 4.69) is 58.7 Å². The number of aryl methyl sites for hydroxylation is 2. The Bertz CT molecular complexity index is 466. The number of nitrogens with zero attached hydrogens (tertiary/aromatic N) is 2. The van der Waals surface area contributed by atoms with E-state index in [1.54, 1.807) is 0 Å². The van der Waals surface area contributed by atoms with Crippen molar-refractivity contribution in [2.75, 3.05) is 13.2 Å². The lowest BCUT2D eigenvalue weighted by Gasteiger charge is -2.41. The summed E-state index contributed by atoms with van der Waals surface area (Å²) in [6, 6.07) is 0.320. The van der Waals surface area contributed by atoms with Crippen molar-refractivity contribution in [1.29, 1.82) is 0 Å². The van der Waals surface area contributed by atoms with Crippen LogP contribution in [-0.4, -0.2) is 34.6 Å². The molecule has 2 atom stereocenters. The lowest BCUT2D eigenvalue weighted by molar-refractivity contribution is -0.0884. The van der Waals surface area contributed by atoms with E-state index in [1.165, 1.54) is 18.5 Å². The molecule has 2 heterocycles. The average molecular weight is 358 g/mol. The van der Waals surface area contributed by atoms with Crippen molar-refractivity contribution in [3.63, 3.8) is 0 Å². The lowest BCUT2D eigenvalue weighted by Crippen LogP contribution is -2.53. The van der Waals surface area contributed by atoms with Gasteiger partial charge in [0.2, 0.25) is 0 Å². The van der Waals surface area contributed by atoms with Gasteiger partial charge in [0.1, 0.15) is 0 Å². The standard InChI is InChI=1S/C16H28BrN3O/c1-5-18-14(16(4)9-7-8-10-21-16)11-13-15(17)12(3)19-20(13)6-2/h14,18H,5-11H2,1-4H3. The highest BCUT2D eigenvalue weighted by molar-refractivity contribution is 9.10. The molecule has 1 aliphatic heterocycles. The Hall–Kier alpha value is -0.390. The Balaban J connectivity index is 2.23. The molecule has 1 aromatic heterocycles. The van der Waals surface area contributed by atoms with Crippen molar-refractivity contribution in [3.8, 4) is 0 Å². The van der Waals surface area contributed by atoms with E-state index < -0.39 is 0 Å². The number of hydrogen-bond acceptors (Lipinski definition) is 3. The molecule has 0 aromatic carbocycles. The van der Waals surface area contributed by atoms with Gasteiger partial charge >= 0.3 is 0 Å². The molecule has 2 unspecified atom stereocenters. The van der Waals surface area contributed by atoms with Crippen molar-refractivity contribution in [2.45, 2.75) is 71.6 Å². The second-order valence-electron chi connectivity index (χ2n) is 6.09. The molecule has 1 aliphatic rings. The van der Waals surface area contributed by atoms with Crippen LogP contribution in [0.3, 0.4) is 0 Å². The van der Waals surface area contributed by atoms with E-state index in [-0.39, 0.29) is 5.60 Å². The van der Waals surface area contributed by atoms with Gasteiger partial charge < -0.3 is 10.1 Å². The monoisotopic (exact) mass is 357 g/mol. The molecular weight excluding hydrogens is 330 g/mol. The van der Waals surface area contributed by atoms with E-state index in [4.69, 9.17) is 4.74 Å². The van der Waals surface area contributed by atoms with Crippen molar-refractivity contribution in [2.24, 2.45) is 0 Å². The van der Waals surface area contributed by atoms with Crippen LogP contribution < -0.4 is 5.32 Å². The van der Waals surface area contributed by atoms with Crippen LogP contribution in [0.15, 0.2) is 4.47 Å². The summed E-state index contributed by atoms with van der Waals surface area (Å²) in [6.07, 6.45) is 4.51. The summed E-state index contributed by atoms with van der Waals surface area (Å²) in [5, 5.41) is 8.25. The van der Waals surface area contributed by atoms with E-state index >= 15 is 0 Å². The van der Waals surface area contributed by atoms with Crippen molar-refractivity contribution in [1.82, 2.24) is 15.1 Å². The zero-order valence-corrected chi connectivity index (χ0v) is 15.3. The first-order valence-corrected chi connectivity index (χ1v) is 8.90. The van der Waals surface area contributed by atoms with Crippen LogP contribution in [0.1, 0.15) is 51.4 Å². The van der Waals surface area contributed by atoms with Crippen molar-refractivity contribution < 1.29 is 4.74 Å². The van der Waals surface area contributed by atoms with Gasteiger partial charge in [-0.2, -0.15) is 5.10 Å². The van der Waals surface area contributed by atoms with Crippen LogP contribution in [0.5, 0.6) is 0 Å². The molecule has 0 aliphatic carbocycles. The predicted molar refractivity (Wildman–Crippen MR) is 89.7 cm³/mol. The number of hydrogen-bond donors (Lipinski definition) is 1. The fraction of sp³-hybridized carbons (Fsp3) is 0.812.